The number of rotatable bonds is 3. The fourth-order valence-corrected chi connectivity index (χ4v) is 4.89. The van der Waals surface area contributed by atoms with Crippen LogP contribution in [0.25, 0.3) is 0 Å². The maximum atomic E-state index is 2.78. The molecule has 3 fully saturated rings. The van der Waals surface area contributed by atoms with Gasteiger partial charge in [-0.3, -0.25) is 0 Å². The van der Waals surface area contributed by atoms with Gasteiger partial charge in [-0.25, -0.2) is 0 Å². The minimum absolute atomic E-state index is 0.793. The maximum Gasteiger partial charge on any atom is 0.00106 e. The van der Waals surface area contributed by atoms with E-state index in [-0.39, 0.29) is 0 Å². The molecule has 2 aliphatic heterocycles. The lowest BCUT2D eigenvalue weighted by atomic mass is 9.58. The minimum atomic E-state index is 0.793. The van der Waals surface area contributed by atoms with Gasteiger partial charge in [0.05, 0.1) is 0 Å². The first kappa shape index (κ1) is 13.9. The highest BCUT2D eigenvalue weighted by atomic mass is 15.2. The SMILES string of the molecule is CCN1CCC(CN2CCC3(CC2)CC(C)C3)CC1. The van der Waals surface area contributed by atoms with Crippen LogP contribution in [0.2, 0.25) is 0 Å². The molecule has 2 nitrogen and oxygen atoms in total. The van der Waals surface area contributed by atoms with Gasteiger partial charge in [0.1, 0.15) is 0 Å². The van der Waals surface area contributed by atoms with Crippen molar-refractivity contribution in [1.29, 1.82) is 0 Å². The third kappa shape index (κ3) is 3.16. The average Bonchev–Trinajstić information content (AvgIpc) is 2.41. The van der Waals surface area contributed by atoms with Crippen LogP contribution in [0.1, 0.15) is 52.4 Å². The van der Waals surface area contributed by atoms with Crippen LogP contribution >= 0.6 is 0 Å². The number of nitrogens with zero attached hydrogens (tertiary/aromatic N) is 2. The first-order valence-electron chi connectivity index (χ1n) is 8.64. The molecule has 0 N–H and O–H groups in total. The standard InChI is InChI=1S/C17H32N2/c1-3-18-8-4-16(5-9-18)14-19-10-6-17(7-11-19)12-15(2)13-17/h15-16H,3-14H2,1-2H3. The summed E-state index contributed by atoms with van der Waals surface area (Å²) in [4.78, 5) is 5.39. The van der Waals surface area contributed by atoms with E-state index in [0.717, 1.165) is 17.3 Å². The van der Waals surface area contributed by atoms with E-state index in [0.29, 0.717) is 0 Å². The number of piperidine rings is 2. The van der Waals surface area contributed by atoms with Gasteiger partial charge >= 0.3 is 0 Å². The van der Waals surface area contributed by atoms with Crippen molar-refractivity contribution in [2.45, 2.75) is 52.4 Å². The van der Waals surface area contributed by atoms with E-state index in [1.165, 1.54) is 77.8 Å². The summed E-state index contributed by atoms with van der Waals surface area (Å²) in [7, 11) is 0. The molecule has 110 valence electrons. The van der Waals surface area contributed by atoms with Crippen molar-refractivity contribution < 1.29 is 0 Å². The summed E-state index contributed by atoms with van der Waals surface area (Å²) < 4.78 is 0. The Hall–Kier alpha value is -0.0800. The van der Waals surface area contributed by atoms with Crippen LogP contribution in [0.4, 0.5) is 0 Å². The van der Waals surface area contributed by atoms with Crippen LogP contribution in [0, 0.1) is 17.3 Å². The molecule has 2 heteroatoms. The third-order valence-electron chi connectivity index (χ3n) is 6.15. The fraction of sp³-hybridized carbons (Fsp3) is 1.00. The zero-order valence-electron chi connectivity index (χ0n) is 13.0. The second-order valence-corrected chi connectivity index (χ2v) is 7.69. The third-order valence-corrected chi connectivity index (χ3v) is 6.15. The molecule has 0 radical (unpaired) electrons. The normalized spacial score (nSPS) is 30.6. The number of likely N-dealkylation sites (tertiary alicyclic amines) is 2. The lowest BCUT2D eigenvalue weighted by molar-refractivity contribution is -0.0119. The Morgan fingerprint density at radius 2 is 1.58 bits per heavy atom. The van der Waals surface area contributed by atoms with Crippen LogP contribution in [0.15, 0.2) is 0 Å². The highest BCUT2D eigenvalue weighted by molar-refractivity contribution is 4.95. The van der Waals surface area contributed by atoms with Gasteiger partial charge in [0, 0.05) is 6.54 Å². The molecule has 19 heavy (non-hydrogen) atoms. The molecule has 1 spiro atoms. The van der Waals surface area contributed by atoms with Gasteiger partial charge in [-0.05, 0) is 88.5 Å². The molecule has 0 bridgehead atoms. The van der Waals surface area contributed by atoms with E-state index in [2.05, 4.69) is 23.6 Å². The molecule has 1 saturated carbocycles. The zero-order valence-corrected chi connectivity index (χ0v) is 13.0. The monoisotopic (exact) mass is 264 g/mol. The summed E-state index contributed by atoms with van der Waals surface area (Å²) in [5, 5.41) is 0. The molecule has 0 amide bonds. The summed E-state index contributed by atoms with van der Waals surface area (Å²) in [6, 6.07) is 0. The fourth-order valence-electron chi connectivity index (χ4n) is 4.89. The van der Waals surface area contributed by atoms with Gasteiger partial charge < -0.3 is 9.80 Å². The van der Waals surface area contributed by atoms with E-state index in [9.17, 15) is 0 Å². The Labute approximate surface area is 119 Å². The van der Waals surface area contributed by atoms with Crippen LogP contribution in [-0.4, -0.2) is 49.1 Å². The molecule has 2 saturated heterocycles. The minimum Gasteiger partial charge on any atom is -0.304 e. The van der Waals surface area contributed by atoms with Crippen molar-refractivity contribution in [1.82, 2.24) is 9.80 Å². The van der Waals surface area contributed by atoms with Crippen LogP contribution in [-0.2, 0) is 0 Å². The van der Waals surface area contributed by atoms with Crippen molar-refractivity contribution in [3.05, 3.63) is 0 Å². The first-order valence-corrected chi connectivity index (χ1v) is 8.64. The average molecular weight is 264 g/mol. The molecular weight excluding hydrogens is 232 g/mol. The van der Waals surface area contributed by atoms with Crippen molar-refractivity contribution in [2.75, 3.05) is 39.3 Å². The largest absolute Gasteiger partial charge is 0.304 e. The van der Waals surface area contributed by atoms with Gasteiger partial charge in [-0.2, -0.15) is 0 Å². The van der Waals surface area contributed by atoms with Crippen LogP contribution in [0.5, 0.6) is 0 Å². The summed E-state index contributed by atoms with van der Waals surface area (Å²) in [5.74, 6) is 2.00. The van der Waals surface area contributed by atoms with Gasteiger partial charge in [0.15, 0.2) is 0 Å². The molecule has 0 unspecified atom stereocenters. The first-order chi connectivity index (χ1) is 9.19. The number of hydrogen-bond donors (Lipinski definition) is 0. The van der Waals surface area contributed by atoms with E-state index < -0.39 is 0 Å². The molecule has 0 aromatic rings. The van der Waals surface area contributed by atoms with Crippen molar-refractivity contribution >= 4 is 0 Å². The highest BCUT2D eigenvalue weighted by Gasteiger charge is 2.43. The molecule has 3 aliphatic rings. The van der Waals surface area contributed by atoms with Gasteiger partial charge in [-0.15, -0.1) is 0 Å². The Kier molecular flexibility index (Phi) is 4.19. The van der Waals surface area contributed by atoms with E-state index in [1.54, 1.807) is 0 Å². The second kappa shape index (κ2) is 5.73. The van der Waals surface area contributed by atoms with Crippen LogP contribution in [0.3, 0.4) is 0 Å². The van der Waals surface area contributed by atoms with Gasteiger partial charge in [0.25, 0.3) is 0 Å². The lowest BCUT2D eigenvalue weighted by Gasteiger charge is -2.52. The van der Waals surface area contributed by atoms with Gasteiger partial charge in [-0.1, -0.05) is 13.8 Å². The maximum absolute atomic E-state index is 2.78. The summed E-state index contributed by atoms with van der Waals surface area (Å²) in [6.45, 7) is 12.8. The Balaban J connectivity index is 1.38. The van der Waals surface area contributed by atoms with Crippen LogP contribution < -0.4 is 0 Å². The van der Waals surface area contributed by atoms with E-state index >= 15 is 0 Å². The summed E-state index contributed by atoms with van der Waals surface area (Å²) in [6.07, 6.45) is 8.90. The summed E-state index contributed by atoms with van der Waals surface area (Å²) >= 11 is 0. The Morgan fingerprint density at radius 1 is 0.947 bits per heavy atom. The molecular formula is C17H32N2. The Morgan fingerprint density at radius 3 is 2.11 bits per heavy atom. The highest BCUT2D eigenvalue weighted by Crippen LogP contribution is 2.52. The number of hydrogen-bond acceptors (Lipinski definition) is 2. The van der Waals surface area contributed by atoms with E-state index in [4.69, 9.17) is 0 Å². The van der Waals surface area contributed by atoms with Crippen molar-refractivity contribution in [3.63, 3.8) is 0 Å². The zero-order chi connectivity index (χ0) is 13.3. The van der Waals surface area contributed by atoms with Gasteiger partial charge in [0.2, 0.25) is 0 Å². The quantitative estimate of drug-likeness (QED) is 0.772. The molecule has 0 atom stereocenters. The molecule has 2 heterocycles. The predicted molar refractivity (Wildman–Crippen MR) is 81.3 cm³/mol. The lowest BCUT2D eigenvalue weighted by Crippen LogP contribution is -2.48. The predicted octanol–water partition coefficient (Wildman–Crippen LogP) is 3.23. The molecule has 1 aliphatic carbocycles. The van der Waals surface area contributed by atoms with Crippen molar-refractivity contribution in [2.24, 2.45) is 17.3 Å². The summed E-state index contributed by atoms with van der Waals surface area (Å²) in [5.41, 5.74) is 0.793. The Bertz CT molecular complexity index is 278. The molecule has 0 aromatic heterocycles. The second-order valence-electron chi connectivity index (χ2n) is 7.69. The molecule has 0 aromatic carbocycles. The van der Waals surface area contributed by atoms with E-state index in [1.807, 2.05) is 0 Å². The topological polar surface area (TPSA) is 6.48 Å². The molecule has 3 rings (SSSR count). The smallest absolute Gasteiger partial charge is 0.00106 e. The van der Waals surface area contributed by atoms with Crippen molar-refractivity contribution in [3.8, 4) is 0 Å².